The lowest BCUT2D eigenvalue weighted by atomic mass is 10.0. The molecule has 1 unspecified atom stereocenters. The Bertz CT molecular complexity index is 625. The van der Waals surface area contributed by atoms with Crippen molar-refractivity contribution in [3.8, 4) is 17.2 Å². The first-order valence-electron chi connectivity index (χ1n) is 6.61. The fourth-order valence-electron chi connectivity index (χ4n) is 2.26. The van der Waals surface area contributed by atoms with E-state index in [2.05, 4.69) is 28.9 Å². The maximum atomic E-state index is 5.47. The van der Waals surface area contributed by atoms with Crippen molar-refractivity contribution < 1.29 is 14.2 Å². The Morgan fingerprint density at radius 2 is 1.38 bits per heavy atom. The van der Waals surface area contributed by atoms with Crippen molar-refractivity contribution in [2.24, 2.45) is 0 Å². The van der Waals surface area contributed by atoms with E-state index in [0.717, 1.165) is 28.4 Å². The second-order valence-electron chi connectivity index (χ2n) is 4.72. The largest absolute Gasteiger partial charge is 0.497 e. The van der Waals surface area contributed by atoms with Crippen LogP contribution in [0.25, 0.3) is 0 Å². The Labute approximate surface area is 134 Å². The molecule has 2 rings (SSSR count). The Morgan fingerprint density at radius 1 is 0.810 bits per heavy atom. The van der Waals surface area contributed by atoms with Crippen LogP contribution in [0.5, 0.6) is 17.2 Å². The van der Waals surface area contributed by atoms with Crippen LogP contribution < -0.4 is 14.2 Å². The predicted octanol–water partition coefficient (Wildman–Crippen LogP) is 4.51. The number of benzene rings is 2. The van der Waals surface area contributed by atoms with E-state index in [9.17, 15) is 0 Å². The highest BCUT2D eigenvalue weighted by Crippen LogP contribution is 2.42. The number of methoxy groups -OCH3 is 3. The molecule has 0 aliphatic rings. The van der Waals surface area contributed by atoms with Gasteiger partial charge in [0.2, 0.25) is 0 Å². The van der Waals surface area contributed by atoms with Gasteiger partial charge in [-0.2, -0.15) is 0 Å². The van der Waals surface area contributed by atoms with E-state index in [1.807, 2.05) is 30.3 Å². The monoisotopic (exact) mass is 350 g/mol. The van der Waals surface area contributed by atoms with Gasteiger partial charge in [0.05, 0.1) is 26.2 Å². The zero-order valence-corrected chi connectivity index (χ0v) is 14.2. The summed E-state index contributed by atoms with van der Waals surface area (Å²) < 4.78 is 16.2. The van der Waals surface area contributed by atoms with Crippen LogP contribution in [-0.4, -0.2) is 21.3 Å². The second-order valence-corrected chi connectivity index (χ2v) is 5.63. The minimum Gasteiger partial charge on any atom is -0.497 e. The number of ether oxygens (including phenoxy) is 3. The highest BCUT2D eigenvalue weighted by Gasteiger charge is 2.20. The lowest BCUT2D eigenvalue weighted by Gasteiger charge is -2.18. The predicted molar refractivity (Wildman–Crippen MR) is 88.0 cm³/mol. The number of rotatable bonds is 5. The van der Waals surface area contributed by atoms with E-state index in [0.29, 0.717) is 0 Å². The average molecular weight is 351 g/mol. The first kappa shape index (κ1) is 15.7. The molecule has 0 aliphatic carbocycles. The van der Waals surface area contributed by atoms with Gasteiger partial charge in [0.15, 0.2) is 0 Å². The maximum absolute atomic E-state index is 5.47. The molecule has 0 radical (unpaired) electrons. The molecule has 21 heavy (non-hydrogen) atoms. The summed E-state index contributed by atoms with van der Waals surface area (Å²) in [6.45, 7) is 2.06. The van der Waals surface area contributed by atoms with Gasteiger partial charge < -0.3 is 14.2 Å². The van der Waals surface area contributed by atoms with Gasteiger partial charge >= 0.3 is 0 Å². The summed E-state index contributed by atoms with van der Waals surface area (Å²) in [5, 5.41) is 0. The van der Waals surface area contributed by atoms with Crippen LogP contribution in [0, 0.1) is 6.92 Å². The zero-order chi connectivity index (χ0) is 15.4. The summed E-state index contributed by atoms with van der Waals surface area (Å²) in [7, 11) is 5.00. The highest BCUT2D eigenvalue weighted by molar-refractivity contribution is 9.09. The van der Waals surface area contributed by atoms with Gasteiger partial charge in [0, 0.05) is 11.1 Å². The van der Waals surface area contributed by atoms with Gasteiger partial charge in [0.25, 0.3) is 0 Å². The van der Waals surface area contributed by atoms with E-state index >= 15 is 0 Å². The summed E-state index contributed by atoms with van der Waals surface area (Å²) in [5.41, 5.74) is 3.24. The smallest absolute Gasteiger partial charge is 0.123 e. The minimum absolute atomic E-state index is 0.0441. The Morgan fingerprint density at radius 3 is 1.95 bits per heavy atom. The van der Waals surface area contributed by atoms with E-state index < -0.39 is 0 Å². The van der Waals surface area contributed by atoms with Crippen molar-refractivity contribution in [2.75, 3.05) is 21.3 Å². The lowest BCUT2D eigenvalue weighted by molar-refractivity contribution is 0.397. The van der Waals surface area contributed by atoms with E-state index in [4.69, 9.17) is 14.2 Å². The third kappa shape index (κ3) is 3.32. The summed E-state index contributed by atoms with van der Waals surface area (Å²) in [4.78, 5) is -0.0441. The molecule has 112 valence electrons. The molecule has 0 aromatic heterocycles. The Kier molecular flexibility index (Phi) is 5.12. The molecule has 4 heteroatoms. The highest BCUT2D eigenvalue weighted by atomic mass is 79.9. The molecule has 0 spiro atoms. The second kappa shape index (κ2) is 6.85. The van der Waals surface area contributed by atoms with Crippen LogP contribution in [0.2, 0.25) is 0 Å². The normalized spacial score (nSPS) is 11.9. The quantitative estimate of drug-likeness (QED) is 0.742. The third-order valence-electron chi connectivity index (χ3n) is 3.37. The molecular formula is C17H19BrO3. The maximum Gasteiger partial charge on any atom is 0.123 e. The molecule has 2 aromatic rings. The van der Waals surface area contributed by atoms with Gasteiger partial charge in [-0.05, 0) is 31.2 Å². The van der Waals surface area contributed by atoms with Crippen LogP contribution in [-0.2, 0) is 0 Å². The number of hydrogen-bond acceptors (Lipinski definition) is 3. The van der Waals surface area contributed by atoms with Crippen molar-refractivity contribution in [1.29, 1.82) is 0 Å². The van der Waals surface area contributed by atoms with Crippen molar-refractivity contribution in [3.05, 3.63) is 53.1 Å². The molecule has 0 amide bonds. The standard InChI is InChI=1S/C17H19BrO3/c1-11-5-7-15(20-3)13(9-11)17(18)14-10-12(19-2)6-8-16(14)21-4/h5-10,17H,1-4H3. The molecule has 0 bridgehead atoms. The third-order valence-corrected chi connectivity index (χ3v) is 4.35. The summed E-state index contributed by atoms with van der Waals surface area (Å²) in [6, 6.07) is 11.9. The number of alkyl halides is 1. The Balaban J connectivity index is 2.53. The van der Waals surface area contributed by atoms with Crippen molar-refractivity contribution in [2.45, 2.75) is 11.8 Å². The minimum atomic E-state index is -0.0441. The average Bonchev–Trinajstić information content (AvgIpc) is 2.53. The topological polar surface area (TPSA) is 27.7 Å². The van der Waals surface area contributed by atoms with Crippen molar-refractivity contribution in [3.63, 3.8) is 0 Å². The first-order chi connectivity index (χ1) is 10.1. The van der Waals surface area contributed by atoms with Gasteiger partial charge in [0.1, 0.15) is 17.2 Å². The van der Waals surface area contributed by atoms with Crippen LogP contribution in [0.4, 0.5) is 0 Å². The summed E-state index contributed by atoms with van der Waals surface area (Å²) in [5.74, 6) is 2.44. The van der Waals surface area contributed by atoms with Gasteiger partial charge in [-0.3, -0.25) is 0 Å². The Hall–Kier alpha value is -1.68. The van der Waals surface area contributed by atoms with E-state index in [1.165, 1.54) is 5.56 Å². The number of hydrogen-bond donors (Lipinski definition) is 0. The van der Waals surface area contributed by atoms with E-state index in [-0.39, 0.29) is 4.83 Å². The van der Waals surface area contributed by atoms with Crippen LogP contribution in [0.15, 0.2) is 36.4 Å². The van der Waals surface area contributed by atoms with Gasteiger partial charge in [-0.15, -0.1) is 0 Å². The molecule has 0 saturated heterocycles. The summed E-state index contributed by atoms with van der Waals surface area (Å²) >= 11 is 3.76. The molecular weight excluding hydrogens is 332 g/mol. The molecule has 0 saturated carbocycles. The fraction of sp³-hybridized carbons (Fsp3) is 0.294. The van der Waals surface area contributed by atoms with Crippen LogP contribution in [0.1, 0.15) is 21.5 Å². The number of aryl methyl sites for hydroxylation is 1. The van der Waals surface area contributed by atoms with Crippen LogP contribution >= 0.6 is 15.9 Å². The van der Waals surface area contributed by atoms with Crippen molar-refractivity contribution in [1.82, 2.24) is 0 Å². The fourth-order valence-corrected chi connectivity index (χ4v) is 2.97. The van der Waals surface area contributed by atoms with Gasteiger partial charge in [-0.25, -0.2) is 0 Å². The molecule has 0 fully saturated rings. The van der Waals surface area contributed by atoms with Crippen LogP contribution in [0.3, 0.4) is 0 Å². The molecule has 2 aromatic carbocycles. The molecule has 0 heterocycles. The zero-order valence-electron chi connectivity index (χ0n) is 12.6. The summed E-state index contributed by atoms with van der Waals surface area (Å²) in [6.07, 6.45) is 0. The molecule has 0 aliphatic heterocycles. The van der Waals surface area contributed by atoms with E-state index in [1.54, 1.807) is 21.3 Å². The lowest BCUT2D eigenvalue weighted by Crippen LogP contribution is -2.01. The molecule has 0 N–H and O–H groups in total. The first-order valence-corrected chi connectivity index (χ1v) is 7.52. The van der Waals surface area contributed by atoms with Gasteiger partial charge in [-0.1, -0.05) is 33.6 Å². The molecule has 3 nitrogen and oxygen atoms in total. The SMILES string of the molecule is COc1ccc(OC)c(C(Br)c2cc(C)ccc2OC)c1. The number of halogens is 1. The molecule has 1 atom stereocenters. The van der Waals surface area contributed by atoms with Crippen molar-refractivity contribution >= 4 is 15.9 Å².